The number of allylic oxidation sites excluding steroid dienone is 3. The van der Waals surface area contributed by atoms with Gasteiger partial charge >= 0.3 is 0 Å². The predicted octanol–water partition coefficient (Wildman–Crippen LogP) is 4.82. The van der Waals surface area contributed by atoms with Crippen molar-refractivity contribution < 1.29 is 8.78 Å². The Balaban J connectivity index is 2.18. The summed E-state index contributed by atoms with van der Waals surface area (Å²) in [6, 6.07) is 4.76. The number of benzene rings is 1. The lowest BCUT2D eigenvalue weighted by molar-refractivity contribution is 0.0174. The van der Waals surface area contributed by atoms with Crippen LogP contribution in [-0.2, 0) is 5.92 Å². The van der Waals surface area contributed by atoms with Crippen LogP contribution in [0.5, 0.6) is 0 Å². The van der Waals surface area contributed by atoms with Gasteiger partial charge in [0.1, 0.15) is 5.82 Å². The molecule has 1 atom stereocenters. The summed E-state index contributed by atoms with van der Waals surface area (Å²) in [5.74, 6) is -2.24. The molecule has 1 saturated heterocycles. The van der Waals surface area contributed by atoms with Gasteiger partial charge in [-0.25, -0.2) is 13.8 Å². The van der Waals surface area contributed by atoms with E-state index in [0.717, 1.165) is 56.8 Å². The maximum Gasteiger partial charge on any atom is 0.270 e. The molecule has 2 N–H and O–H groups in total. The lowest BCUT2D eigenvalue weighted by atomic mass is 9.96. The van der Waals surface area contributed by atoms with Gasteiger partial charge in [0.25, 0.3) is 5.92 Å². The fraction of sp³-hybridized carbons (Fsp3) is 0.455. The monoisotopic (exact) mass is 388 g/mol. The van der Waals surface area contributed by atoms with Gasteiger partial charge in [-0.1, -0.05) is 25.1 Å². The Labute approximate surface area is 166 Å². The molecule has 0 spiro atoms. The van der Waals surface area contributed by atoms with Crippen LogP contribution in [0.25, 0.3) is 5.57 Å². The molecule has 0 amide bonds. The summed E-state index contributed by atoms with van der Waals surface area (Å²) >= 11 is 0. The molecule has 1 aromatic rings. The first-order valence-electron chi connectivity index (χ1n) is 9.65. The summed E-state index contributed by atoms with van der Waals surface area (Å²) in [7, 11) is 0. The van der Waals surface area contributed by atoms with E-state index in [4.69, 9.17) is 5.41 Å². The normalized spacial score (nSPS) is 19.4. The van der Waals surface area contributed by atoms with Crippen molar-refractivity contribution in [3.8, 4) is 0 Å². The molecule has 1 aliphatic rings. The van der Waals surface area contributed by atoms with Crippen molar-refractivity contribution >= 4 is 18.5 Å². The van der Waals surface area contributed by atoms with Crippen LogP contribution >= 0.6 is 0 Å². The zero-order chi connectivity index (χ0) is 20.7. The average molecular weight is 389 g/mol. The fourth-order valence-corrected chi connectivity index (χ4v) is 3.42. The van der Waals surface area contributed by atoms with Gasteiger partial charge in [-0.15, -0.1) is 0 Å². The van der Waals surface area contributed by atoms with Crippen LogP contribution < -0.4 is 5.32 Å². The molecule has 2 rings (SSSR count). The van der Waals surface area contributed by atoms with Crippen LogP contribution in [0.1, 0.15) is 50.3 Å². The quantitative estimate of drug-likeness (QED) is 0.496. The van der Waals surface area contributed by atoms with E-state index in [1.165, 1.54) is 12.1 Å². The number of hydrogen-bond acceptors (Lipinski definition) is 4. The summed E-state index contributed by atoms with van der Waals surface area (Å²) in [5, 5.41) is 11.0. The summed E-state index contributed by atoms with van der Waals surface area (Å²) < 4.78 is 27.1. The van der Waals surface area contributed by atoms with Gasteiger partial charge in [0.05, 0.1) is 0 Å². The number of nitrogens with one attached hydrogen (secondary N) is 2. The van der Waals surface area contributed by atoms with E-state index in [-0.39, 0.29) is 5.56 Å². The third-order valence-electron chi connectivity index (χ3n) is 5.11. The Morgan fingerprint density at radius 3 is 2.79 bits per heavy atom. The van der Waals surface area contributed by atoms with E-state index < -0.39 is 5.92 Å². The van der Waals surface area contributed by atoms with E-state index in [1.807, 2.05) is 19.1 Å². The third-order valence-corrected chi connectivity index (χ3v) is 5.11. The van der Waals surface area contributed by atoms with Crippen LogP contribution in [0.3, 0.4) is 0 Å². The largest absolute Gasteiger partial charge is 0.366 e. The van der Waals surface area contributed by atoms with E-state index in [0.29, 0.717) is 17.4 Å². The van der Waals surface area contributed by atoms with Gasteiger partial charge in [-0.3, -0.25) is 0 Å². The number of rotatable bonds is 8. The van der Waals surface area contributed by atoms with Crippen LogP contribution in [0, 0.1) is 5.41 Å². The molecular formula is C22H30F2N4. The Kier molecular flexibility index (Phi) is 7.63. The Morgan fingerprint density at radius 2 is 2.18 bits per heavy atom. The minimum atomic E-state index is -2.93. The summed E-state index contributed by atoms with van der Waals surface area (Å²) in [4.78, 5) is 6.49. The molecule has 0 saturated carbocycles. The topological polar surface area (TPSA) is 51.5 Å². The number of piperidine rings is 1. The van der Waals surface area contributed by atoms with E-state index in [1.54, 1.807) is 6.07 Å². The molecule has 1 aliphatic heterocycles. The molecule has 0 aliphatic carbocycles. The number of halogens is 2. The molecule has 0 bridgehead atoms. The second-order valence-corrected chi connectivity index (χ2v) is 7.27. The Bertz CT molecular complexity index is 762. The molecule has 1 heterocycles. The lowest BCUT2D eigenvalue weighted by Gasteiger charge is -2.32. The first kappa shape index (κ1) is 22.0. The summed E-state index contributed by atoms with van der Waals surface area (Å²) in [5.41, 5.74) is 1.99. The zero-order valence-corrected chi connectivity index (χ0v) is 16.9. The molecule has 28 heavy (non-hydrogen) atoms. The maximum atomic E-state index is 13.5. The van der Waals surface area contributed by atoms with Crippen molar-refractivity contribution in [2.24, 2.45) is 4.99 Å². The standard InChI is InChI=1S/C22H30F2N4/c1-5-28-12-6-7-19(15-28)27-21(26-4)11-8-16(2)20-10-9-18(22(3,23)24)13-17(20)14-25/h8-11,13-14,19,25,27H,4-7,12,15H2,1-3H3/b16-8+,21-11+,25-14?. The van der Waals surface area contributed by atoms with Gasteiger partial charge in [0.2, 0.25) is 0 Å². The van der Waals surface area contributed by atoms with Crippen molar-refractivity contribution in [1.29, 1.82) is 5.41 Å². The highest BCUT2D eigenvalue weighted by Crippen LogP contribution is 2.30. The van der Waals surface area contributed by atoms with Gasteiger partial charge in [0.15, 0.2) is 0 Å². The number of likely N-dealkylation sites (N-methyl/N-ethyl adjacent to an activating group) is 1. The predicted molar refractivity (Wildman–Crippen MR) is 113 cm³/mol. The number of likely N-dealkylation sites (tertiary alicyclic amines) is 1. The highest BCUT2D eigenvalue weighted by molar-refractivity contribution is 5.87. The van der Waals surface area contributed by atoms with Crippen LogP contribution in [0.15, 0.2) is 41.2 Å². The Morgan fingerprint density at radius 1 is 1.43 bits per heavy atom. The van der Waals surface area contributed by atoms with Crippen molar-refractivity contribution in [3.05, 3.63) is 52.9 Å². The second-order valence-electron chi connectivity index (χ2n) is 7.27. The SMILES string of the molecule is C=N/C(=C\C=C(/C)c1ccc(C(C)(F)F)cc1C=N)NC1CCCN(CC)C1. The number of aliphatic imine (C=N–C) groups is 1. The minimum absolute atomic E-state index is 0.0917. The number of nitrogens with zero attached hydrogens (tertiary/aromatic N) is 2. The molecule has 0 aromatic heterocycles. The fourth-order valence-electron chi connectivity index (χ4n) is 3.42. The molecule has 152 valence electrons. The first-order chi connectivity index (χ1) is 13.3. The van der Waals surface area contributed by atoms with Gasteiger partial charge in [0, 0.05) is 31.3 Å². The van der Waals surface area contributed by atoms with E-state index >= 15 is 0 Å². The van der Waals surface area contributed by atoms with Crippen molar-refractivity contribution in [1.82, 2.24) is 10.2 Å². The van der Waals surface area contributed by atoms with E-state index in [9.17, 15) is 8.78 Å². The second kappa shape index (κ2) is 9.73. The average Bonchev–Trinajstić information content (AvgIpc) is 2.69. The van der Waals surface area contributed by atoms with Crippen molar-refractivity contribution in [2.75, 3.05) is 19.6 Å². The molecule has 1 fully saturated rings. The van der Waals surface area contributed by atoms with Crippen LogP contribution in [0.4, 0.5) is 8.78 Å². The lowest BCUT2D eigenvalue weighted by Crippen LogP contribution is -2.44. The highest BCUT2D eigenvalue weighted by atomic mass is 19.3. The highest BCUT2D eigenvalue weighted by Gasteiger charge is 2.25. The number of alkyl halides is 2. The van der Waals surface area contributed by atoms with Crippen LogP contribution in [0.2, 0.25) is 0 Å². The van der Waals surface area contributed by atoms with Gasteiger partial charge < -0.3 is 15.6 Å². The zero-order valence-electron chi connectivity index (χ0n) is 16.9. The molecule has 1 aromatic carbocycles. The first-order valence-corrected chi connectivity index (χ1v) is 9.65. The third kappa shape index (κ3) is 5.83. The van der Waals surface area contributed by atoms with Crippen LogP contribution in [-0.4, -0.2) is 43.5 Å². The minimum Gasteiger partial charge on any atom is -0.366 e. The van der Waals surface area contributed by atoms with Crippen molar-refractivity contribution in [3.63, 3.8) is 0 Å². The number of hydrogen-bond donors (Lipinski definition) is 2. The molecular weight excluding hydrogens is 358 g/mol. The molecule has 1 unspecified atom stereocenters. The smallest absolute Gasteiger partial charge is 0.270 e. The van der Waals surface area contributed by atoms with Crippen molar-refractivity contribution in [2.45, 2.75) is 45.6 Å². The maximum absolute atomic E-state index is 13.5. The van der Waals surface area contributed by atoms with E-state index in [2.05, 4.69) is 28.9 Å². The van der Waals surface area contributed by atoms with Gasteiger partial charge in [-0.05, 0) is 68.4 Å². The molecule has 6 heteroatoms. The molecule has 4 nitrogen and oxygen atoms in total. The van der Waals surface area contributed by atoms with Gasteiger partial charge in [-0.2, -0.15) is 0 Å². The Hall–Kier alpha value is -2.34. The summed E-state index contributed by atoms with van der Waals surface area (Å²) in [6.07, 6.45) is 7.09. The molecule has 0 radical (unpaired) electrons. The summed E-state index contributed by atoms with van der Waals surface area (Å²) in [6.45, 7) is 11.7.